The summed E-state index contributed by atoms with van der Waals surface area (Å²) in [5.41, 5.74) is 5.46. The van der Waals surface area contributed by atoms with Crippen LogP contribution in [0.1, 0.15) is 35.9 Å². The number of hydrogen-bond donors (Lipinski definition) is 2. The second-order valence-electron chi connectivity index (χ2n) is 9.02. The summed E-state index contributed by atoms with van der Waals surface area (Å²) < 4.78 is 22.9. The van der Waals surface area contributed by atoms with Crippen LogP contribution < -0.4 is 29.6 Å². The molecular weight excluding hydrogens is 536 g/mol. The van der Waals surface area contributed by atoms with Crippen LogP contribution in [0.5, 0.6) is 23.0 Å². The first kappa shape index (κ1) is 25.0. The van der Waals surface area contributed by atoms with Crippen molar-refractivity contribution in [2.24, 2.45) is 0 Å². The number of carbonyl (C=O) groups is 1. The lowest BCUT2D eigenvalue weighted by Crippen LogP contribution is -2.27. The SMILES string of the molecule is COc1ccc([C@H]2Nc3ccccc3NC3=C2C(=O)C[C@H](c2cc(OC)c(OC)c(OC)c2)C3)cc1Br. The van der Waals surface area contributed by atoms with Gasteiger partial charge in [0.1, 0.15) is 5.75 Å². The van der Waals surface area contributed by atoms with Gasteiger partial charge in [-0.2, -0.15) is 0 Å². The molecule has 3 aromatic rings. The lowest BCUT2D eigenvalue weighted by atomic mass is 9.78. The van der Waals surface area contributed by atoms with E-state index in [-0.39, 0.29) is 17.7 Å². The van der Waals surface area contributed by atoms with Crippen molar-refractivity contribution in [3.05, 3.63) is 81.5 Å². The summed E-state index contributed by atoms with van der Waals surface area (Å²) in [6, 6.07) is 17.5. The van der Waals surface area contributed by atoms with Crippen LogP contribution >= 0.6 is 15.9 Å². The van der Waals surface area contributed by atoms with Gasteiger partial charge in [0.2, 0.25) is 5.75 Å². The number of hydrogen-bond acceptors (Lipinski definition) is 7. The molecular formula is C29H29BrN2O5. The van der Waals surface area contributed by atoms with E-state index < -0.39 is 0 Å². The molecule has 8 heteroatoms. The Hall–Kier alpha value is -3.65. The van der Waals surface area contributed by atoms with Crippen LogP contribution in [0, 0.1) is 0 Å². The third-order valence-corrected chi connectivity index (χ3v) is 7.60. The normalized spacial score (nSPS) is 18.6. The molecule has 0 bridgehead atoms. The van der Waals surface area contributed by atoms with Crippen LogP contribution in [0.4, 0.5) is 11.4 Å². The summed E-state index contributed by atoms with van der Waals surface area (Å²) in [4.78, 5) is 13.9. The molecule has 0 fully saturated rings. The first-order valence-electron chi connectivity index (χ1n) is 12.0. The number of fused-ring (bicyclic) bond motifs is 1. The number of methoxy groups -OCH3 is 4. The minimum absolute atomic E-state index is 0.0547. The highest BCUT2D eigenvalue weighted by molar-refractivity contribution is 9.10. The second-order valence-corrected chi connectivity index (χ2v) is 9.88. The number of para-hydroxylation sites is 2. The number of halogens is 1. The maximum absolute atomic E-state index is 13.9. The summed E-state index contributed by atoms with van der Waals surface area (Å²) in [7, 11) is 6.42. The van der Waals surface area contributed by atoms with Crippen LogP contribution in [0.3, 0.4) is 0 Å². The topological polar surface area (TPSA) is 78.1 Å². The highest BCUT2D eigenvalue weighted by atomic mass is 79.9. The number of anilines is 2. The van der Waals surface area contributed by atoms with Gasteiger partial charge in [-0.25, -0.2) is 0 Å². The van der Waals surface area contributed by atoms with Crippen molar-refractivity contribution in [1.29, 1.82) is 0 Å². The summed E-state index contributed by atoms with van der Waals surface area (Å²) in [5, 5.41) is 7.20. The molecule has 7 nitrogen and oxygen atoms in total. The van der Waals surface area contributed by atoms with Crippen LogP contribution in [0.2, 0.25) is 0 Å². The largest absolute Gasteiger partial charge is 0.496 e. The Morgan fingerprint density at radius 2 is 1.46 bits per heavy atom. The molecule has 0 unspecified atom stereocenters. The van der Waals surface area contributed by atoms with Gasteiger partial charge in [-0.15, -0.1) is 0 Å². The Bertz CT molecular complexity index is 1360. The summed E-state index contributed by atoms with van der Waals surface area (Å²) in [6.07, 6.45) is 1.02. The van der Waals surface area contributed by atoms with E-state index in [1.165, 1.54) is 0 Å². The molecule has 0 saturated carbocycles. The van der Waals surface area contributed by atoms with Crippen molar-refractivity contribution in [2.75, 3.05) is 39.1 Å². The molecule has 3 aromatic carbocycles. The van der Waals surface area contributed by atoms with Gasteiger partial charge >= 0.3 is 0 Å². The first-order valence-corrected chi connectivity index (χ1v) is 12.8. The van der Waals surface area contributed by atoms with E-state index in [2.05, 4.69) is 26.6 Å². The fraction of sp³-hybridized carbons (Fsp3) is 0.276. The van der Waals surface area contributed by atoms with E-state index in [0.717, 1.165) is 44.0 Å². The van der Waals surface area contributed by atoms with E-state index in [9.17, 15) is 4.79 Å². The van der Waals surface area contributed by atoms with Gasteiger partial charge in [0.05, 0.1) is 50.3 Å². The van der Waals surface area contributed by atoms with E-state index in [1.54, 1.807) is 28.4 Å². The lowest BCUT2D eigenvalue weighted by molar-refractivity contribution is -0.116. The van der Waals surface area contributed by atoms with E-state index >= 15 is 0 Å². The minimum atomic E-state index is -0.318. The van der Waals surface area contributed by atoms with Crippen LogP contribution in [0.25, 0.3) is 0 Å². The molecule has 2 aliphatic rings. The van der Waals surface area contributed by atoms with Gasteiger partial charge in [0.15, 0.2) is 17.3 Å². The van der Waals surface area contributed by atoms with Crippen molar-refractivity contribution in [1.82, 2.24) is 0 Å². The smallest absolute Gasteiger partial charge is 0.203 e. The molecule has 0 amide bonds. The molecule has 1 heterocycles. The first-order chi connectivity index (χ1) is 18.0. The van der Waals surface area contributed by atoms with Crippen LogP contribution in [0.15, 0.2) is 70.3 Å². The Balaban J connectivity index is 1.60. The van der Waals surface area contributed by atoms with Crippen molar-refractivity contribution >= 4 is 33.1 Å². The Kier molecular flexibility index (Phi) is 7.02. The molecule has 0 saturated heterocycles. The number of allylic oxidation sites excluding steroid dienone is 1. The molecule has 0 radical (unpaired) electrons. The van der Waals surface area contributed by atoms with Crippen LogP contribution in [-0.4, -0.2) is 34.2 Å². The lowest BCUT2D eigenvalue weighted by Gasteiger charge is -2.30. The third kappa shape index (κ3) is 4.62. The standard InChI is InChI=1S/C29H29BrN2O5/c1-34-24-10-9-16(11-19(24)30)28-27-22(31-20-7-5-6-8-21(20)32-28)12-17(13-23(27)33)18-14-25(35-2)29(37-4)26(15-18)36-3/h5-11,14-15,17,28,31-32H,12-13H2,1-4H3/t17-,28-/m1/s1. The molecule has 0 spiro atoms. The number of ether oxygens (including phenoxy) is 4. The maximum atomic E-state index is 13.9. The number of rotatable bonds is 6. The Morgan fingerprint density at radius 3 is 2.08 bits per heavy atom. The molecule has 2 atom stereocenters. The zero-order chi connectivity index (χ0) is 26.1. The quantitative estimate of drug-likeness (QED) is 0.355. The van der Waals surface area contributed by atoms with Crippen LogP contribution in [-0.2, 0) is 4.79 Å². The number of benzene rings is 3. The van der Waals surface area contributed by atoms with Crippen molar-refractivity contribution in [3.63, 3.8) is 0 Å². The molecule has 0 aromatic heterocycles. The number of carbonyl (C=O) groups excluding carboxylic acids is 1. The molecule has 1 aliphatic heterocycles. The average molecular weight is 565 g/mol. The summed E-state index contributed by atoms with van der Waals surface area (Å²) in [6.45, 7) is 0. The summed E-state index contributed by atoms with van der Waals surface area (Å²) in [5.74, 6) is 2.46. The van der Waals surface area contributed by atoms with Gasteiger partial charge in [0.25, 0.3) is 0 Å². The van der Waals surface area contributed by atoms with E-state index in [4.69, 9.17) is 18.9 Å². The third-order valence-electron chi connectivity index (χ3n) is 6.98. The highest BCUT2D eigenvalue weighted by Gasteiger charge is 2.36. The van der Waals surface area contributed by atoms with Gasteiger partial charge in [-0.3, -0.25) is 4.79 Å². The predicted molar refractivity (Wildman–Crippen MR) is 147 cm³/mol. The van der Waals surface area contributed by atoms with Crippen molar-refractivity contribution in [3.8, 4) is 23.0 Å². The second kappa shape index (κ2) is 10.4. The van der Waals surface area contributed by atoms with E-state index in [0.29, 0.717) is 30.1 Å². The Labute approximate surface area is 224 Å². The Morgan fingerprint density at radius 1 is 0.784 bits per heavy atom. The molecule has 2 N–H and O–H groups in total. The fourth-order valence-corrected chi connectivity index (χ4v) is 5.74. The van der Waals surface area contributed by atoms with Crippen molar-refractivity contribution in [2.45, 2.75) is 24.8 Å². The predicted octanol–water partition coefficient (Wildman–Crippen LogP) is 6.46. The molecule has 192 valence electrons. The zero-order valence-electron chi connectivity index (χ0n) is 21.2. The number of ketones is 1. The maximum Gasteiger partial charge on any atom is 0.203 e. The number of nitrogens with one attached hydrogen (secondary N) is 2. The van der Waals surface area contributed by atoms with Gasteiger partial charge < -0.3 is 29.6 Å². The van der Waals surface area contributed by atoms with Gasteiger partial charge in [-0.1, -0.05) is 18.2 Å². The monoisotopic (exact) mass is 564 g/mol. The number of Topliss-reactive ketones (excluding diaryl/α,β-unsaturated/α-hetero) is 1. The van der Waals surface area contributed by atoms with Gasteiger partial charge in [0, 0.05) is 17.7 Å². The molecule has 5 rings (SSSR count). The van der Waals surface area contributed by atoms with Gasteiger partial charge in [-0.05, 0) is 75.8 Å². The summed E-state index contributed by atoms with van der Waals surface area (Å²) >= 11 is 3.60. The fourth-order valence-electron chi connectivity index (χ4n) is 5.18. The molecule has 1 aliphatic carbocycles. The minimum Gasteiger partial charge on any atom is -0.496 e. The zero-order valence-corrected chi connectivity index (χ0v) is 22.8. The highest BCUT2D eigenvalue weighted by Crippen LogP contribution is 2.47. The molecule has 37 heavy (non-hydrogen) atoms. The van der Waals surface area contributed by atoms with Crippen molar-refractivity contribution < 1.29 is 23.7 Å². The average Bonchev–Trinajstić information content (AvgIpc) is 3.09. The van der Waals surface area contributed by atoms with E-state index in [1.807, 2.05) is 54.6 Å².